The van der Waals surface area contributed by atoms with Crippen LogP contribution in [0.1, 0.15) is 71.5 Å². The van der Waals surface area contributed by atoms with E-state index in [1.54, 1.807) is 13.8 Å². The van der Waals surface area contributed by atoms with Gasteiger partial charge in [0.15, 0.2) is 0 Å². The van der Waals surface area contributed by atoms with Gasteiger partial charge in [0.1, 0.15) is 11.9 Å². The molecular formula is C27H39NO6S. The van der Waals surface area contributed by atoms with Gasteiger partial charge in [0.25, 0.3) is 0 Å². The molecule has 3 rings (SSSR count). The van der Waals surface area contributed by atoms with Crippen LogP contribution in [-0.2, 0) is 19.1 Å². The number of hydrogen-bond donors (Lipinski definition) is 2. The molecule has 0 radical (unpaired) electrons. The lowest BCUT2D eigenvalue weighted by Crippen LogP contribution is -2.45. The summed E-state index contributed by atoms with van der Waals surface area (Å²) >= 11 is 1.53. The van der Waals surface area contributed by atoms with Crippen molar-refractivity contribution in [3.63, 3.8) is 0 Å². The van der Waals surface area contributed by atoms with Gasteiger partial charge in [0.2, 0.25) is 0 Å². The monoisotopic (exact) mass is 505 g/mol. The van der Waals surface area contributed by atoms with E-state index in [1.807, 2.05) is 45.2 Å². The number of cyclic esters (lactones) is 1. The third kappa shape index (κ3) is 6.47. The summed E-state index contributed by atoms with van der Waals surface area (Å²) in [6.07, 6.45) is 1.07. The minimum absolute atomic E-state index is 0.141. The van der Waals surface area contributed by atoms with Crippen LogP contribution < -0.4 is 0 Å². The van der Waals surface area contributed by atoms with Crippen molar-refractivity contribution in [3.05, 3.63) is 33.3 Å². The molecule has 2 bridgehead atoms. The molecule has 0 amide bonds. The SMILES string of the molecule is C/C1=C/C2C[C@H](C)[C@H](O2)[C@@H](C)C(=O)C(C)(C)[C@@H](O)CC(=O)O[C@H](/C(C)=C/c2csc(C)n2)C[C@@H]1O. The van der Waals surface area contributed by atoms with Gasteiger partial charge in [-0.15, -0.1) is 11.3 Å². The molecule has 3 heterocycles. The van der Waals surface area contributed by atoms with Gasteiger partial charge in [-0.25, -0.2) is 4.98 Å². The summed E-state index contributed by atoms with van der Waals surface area (Å²) < 4.78 is 12.0. The first-order chi connectivity index (χ1) is 16.3. The Morgan fingerprint density at radius 1 is 1.20 bits per heavy atom. The molecule has 1 fully saturated rings. The Balaban J connectivity index is 1.95. The van der Waals surface area contributed by atoms with Gasteiger partial charge in [-0.05, 0) is 50.3 Å². The molecule has 2 aliphatic heterocycles. The number of carbonyl (C=O) groups is 2. The molecule has 1 unspecified atom stereocenters. The van der Waals surface area contributed by atoms with Crippen molar-refractivity contribution in [2.24, 2.45) is 17.3 Å². The van der Waals surface area contributed by atoms with Crippen LogP contribution in [0.3, 0.4) is 0 Å². The fourth-order valence-electron chi connectivity index (χ4n) is 5.02. The van der Waals surface area contributed by atoms with E-state index in [2.05, 4.69) is 11.9 Å². The zero-order valence-corrected chi connectivity index (χ0v) is 22.6. The highest BCUT2D eigenvalue weighted by atomic mass is 32.1. The van der Waals surface area contributed by atoms with Crippen LogP contribution in [0.2, 0.25) is 0 Å². The van der Waals surface area contributed by atoms with Gasteiger partial charge in [-0.2, -0.15) is 0 Å². The second-order valence-corrected chi connectivity index (χ2v) is 11.8. The van der Waals surface area contributed by atoms with Gasteiger partial charge in [0, 0.05) is 17.7 Å². The maximum absolute atomic E-state index is 13.4. The molecule has 2 aliphatic rings. The fourth-order valence-corrected chi connectivity index (χ4v) is 5.59. The zero-order chi connectivity index (χ0) is 26.1. The number of Topliss-reactive ketones (excluding diaryl/α,β-unsaturated/α-hetero) is 1. The third-order valence-electron chi connectivity index (χ3n) is 7.44. The molecular weight excluding hydrogens is 466 g/mol. The van der Waals surface area contributed by atoms with Crippen LogP contribution >= 0.6 is 11.3 Å². The Morgan fingerprint density at radius 2 is 1.89 bits per heavy atom. The maximum atomic E-state index is 13.4. The van der Waals surface area contributed by atoms with E-state index in [1.165, 1.54) is 11.3 Å². The van der Waals surface area contributed by atoms with Crippen LogP contribution in [0.15, 0.2) is 22.6 Å². The number of thiazole rings is 1. The fraction of sp³-hybridized carbons (Fsp3) is 0.667. The average Bonchev–Trinajstić information content (AvgIpc) is 3.35. The van der Waals surface area contributed by atoms with E-state index in [9.17, 15) is 19.8 Å². The van der Waals surface area contributed by atoms with E-state index in [4.69, 9.17) is 9.47 Å². The number of hydrogen-bond acceptors (Lipinski definition) is 8. The summed E-state index contributed by atoms with van der Waals surface area (Å²) in [5.74, 6) is -1.06. The van der Waals surface area contributed by atoms with Crippen molar-refractivity contribution < 1.29 is 29.3 Å². The highest BCUT2D eigenvalue weighted by Gasteiger charge is 2.45. The van der Waals surface area contributed by atoms with E-state index in [0.29, 0.717) is 0 Å². The molecule has 7 nitrogen and oxygen atoms in total. The Morgan fingerprint density at radius 3 is 2.51 bits per heavy atom. The van der Waals surface area contributed by atoms with Crippen LogP contribution in [0.25, 0.3) is 6.08 Å². The molecule has 35 heavy (non-hydrogen) atoms. The number of esters is 1. The zero-order valence-electron chi connectivity index (χ0n) is 21.8. The van der Waals surface area contributed by atoms with Crippen molar-refractivity contribution in [1.29, 1.82) is 0 Å². The van der Waals surface area contributed by atoms with Crippen molar-refractivity contribution >= 4 is 29.2 Å². The molecule has 0 spiro atoms. The first-order valence-corrected chi connectivity index (χ1v) is 13.2. The molecule has 0 aromatic carbocycles. The minimum Gasteiger partial charge on any atom is -0.458 e. The van der Waals surface area contributed by atoms with Crippen LogP contribution in [-0.4, -0.2) is 57.5 Å². The van der Waals surface area contributed by atoms with Gasteiger partial charge in [0.05, 0.1) is 47.0 Å². The van der Waals surface area contributed by atoms with Crippen molar-refractivity contribution in [2.45, 2.75) is 98.2 Å². The van der Waals surface area contributed by atoms with Crippen molar-refractivity contribution in [3.8, 4) is 0 Å². The number of aryl methyl sites for hydroxylation is 1. The van der Waals surface area contributed by atoms with Crippen LogP contribution in [0.4, 0.5) is 0 Å². The van der Waals surface area contributed by atoms with Crippen molar-refractivity contribution in [1.82, 2.24) is 4.98 Å². The molecule has 0 saturated carbocycles. The summed E-state index contributed by atoms with van der Waals surface area (Å²) in [4.78, 5) is 30.7. The average molecular weight is 506 g/mol. The third-order valence-corrected chi connectivity index (χ3v) is 8.23. The summed E-state index contributed by atoms with van der Waals surface area (Å²) in [7, 11) is 0. The molecule has 8 heteroatoms. The number of ether oxygens (including phenoxy) is 2. The lowest BCUT2D eigenvalue weighted by Gasteiger charge is -2.34. The lowest BCUT2D eigenvalue weighted by atomic mass is 9.73. The number of fused-ring (bicyclic) bond motifs is 2. The summed E-state index contributed by atoms with van der Waals surface area (Å²) in [5, 5.41) is 24.7. The summed E-state index contributed by atoms with van der Waals surface area (Å²) in [6, 6.07) is 0. The molecule has 0 aliphatic carbocycles. The first kappa shape index (κ1) is 27.7. The molecule has 7 atom stereocenters. The summed E-state index contributed by atoms with van der Waals surface area (Å²) in [6.45, 7) is 12.8. The minimum atomic E-state index is -1.21. The van der Waals surface area contributed by atoms with E-state index < -0.39 is 35.6 Å². The molecule has 194 valence electrons. The number of ketones is 1. The Bertz CT molecular complexity index is 996. The van der Waals surface area contributed by atoms with Crippen LogP contribution in [0.5, 0.6) is 0 Å². The van der Waals surface area contributed by atoms with Gasteiger partial charge in [-0.1, -0.05) is 33.8 Å². The number of rotatable bonds is 2. The van der Waals surface area contributed by atoms with Gasteiger partial charge >= 0.3 is 5.97 Å². The molecule has 1 aromatic rings. The predicted octanol–water partition coefficient (Wildman–Crippen LogP) is 4.25. The van der Waals surface area contributed by atoms with E-state index in [-0.39, 0.29) is 36.8 Å². The van der Waals surface area contributed by atoms with Crippen LogP contribution in [0, 0.1) is 24.2 Å². The van der Waals surface area contributed by atoms with Crippen molar-refractivity contribution in [2.75, 3.05) is 0 Å². The Kier molecular flexibility index (Phi) is 8.73. The smallest absolute Gasteiger partial charge is 0.309 e. The highest BCUT2D eigenvalue weighted by Crippen LogP contribution is 2.38. The topological polar surface area (TPSA) is 106 Å². The summed E-state index contributed by atoms with van der Waals surface area (Å²) in [5.41, 5.74) is 1.09. The van der Waals surface area contributed by atoms with E-state index in [0.717, 1.165) is 28.3 Å². The maximum Gasteiger partial charge on any atom is 0.309 e. The standard InChI is InChI=1S/C27H39NO6S/c1-14-9-20-10-16(3)25(33-20)17(4)26(32)27(6,7)23(30)12-24(31)34-22(11-21(14)29)15(2)8-19-13-35-18(5)28-19/h8-9,13,16-17,20-23,25,29-30H,10-12H2,1-7H3/b14-9-,15-8+/t16-,17+,20?,21-,22-,23-,25-/m0/s1. The normalized spacial score (nSPS) is 36.7. The largest absolute Gasteiger partial charge is 0.458 e. The number of aromatic nitrogens is 1. The molecule has 1 saturated heterocycles. The quantitative estimate of drug-likeness (QED) is 0.457. The van der Waals surface area contributed by atoms with E-state index >= 15 is 0 Å². The Hall–Kier alpha value is -1.87. The predicted molar refractivity (Wildman–Crippen MR) is 136 cm³/mol. The van der Waals surface area contributed by atoms with Gasteiger partial charge in [-0.3, -0.25) is 9.59 Å². The Labute approximate surface area is 212 Å². The second-order valence-electron chi connectivity index (χ2n) is 10.8. The number of aliphatic hydroxyl groups excluding tert-OH is 2. The number of aliphatic hydroxyl groups is 2. The highest BCUT2D eigenvalue weighted by molar-refractivity contribution is 7.09. The molecule has 2 N–H and O–H groups in total. The van der Waals surface area contributed by atoms with Gasteiger partial charge < -0.3 is 19.7 Å². The second kappa shape index (κ2) is 11.0. The first-order valence-electron chi connectivity index (χ1n) is 12.3. The lowest BCUT2D eigenvalue weighted by molar-refractivity contribution is -0.155. The molecule has 1 aromatic heterocycles. The number of nitrogens with zero attached hydrogens (tertiary/aromatic N) is 1. The number of carbonyl (C=O) groups excluding carboxylic acids is 2.